The van der Waals surface area contributed by atoms with Crippen molar-refractivity contribution >= 4 is 0 Å². The normalized spacial score (nSPS) is 16.5. The second-order valence-corrected chi connectivity index (χ2v) is 4.98. The van der Waals surface area contributed by atoms with Crippen LogP contribution in [0.4, 0.5) is 0 Å². The standard InChI is InChI=1S/C17H15NO2/c1-12-6-7-13(9-15-11-19-15)17(8-12)20-16-5-3-2-4-14(16)10-18/h2-8,15H,9,11H2,1H3. The summed E-state index contributed by atoms with van der Waals surface area (Å²) in [6.45, 7) is 2.85. The van der Waals surface area contributed by atoms with Crippen molar-refractivity contribution < 1.29 is 9.47 Å². The average Bonchev–Trinajstić information content (AvgIpc) is 3.26. The zero-order chi connectivity index (χ0) is 13.9. The Bertz CT molecular complexity index is 669. The lowest BCUT2D eigenvalue weighted by atomic mass is 10.1. The van der Waals surface area contributed by atoms with E-state index < -0.39 is 0 Å². The smallest absolute Gasteiger partial charge is 0.145 e. The van der Waals surface area contributed by atoms with Crippen molar-refractivity contribution in [2.24, 2.45) is 0 Å². The molecule has 1 fully saturated rings. The van der Waals surface area contributed by atoms with Gasteiger partial charge < -0.3 is 9.47 Å². The number of benzene rings is 2. The minimum absolute atomic E-state index is 0.311. The second-order valence-electron chi connectivity index (χ2n) is 4.98. The van der Waals surface area contributed by atoms with Gasteiger partial charge in [-0.05, 0) is 36.2 Å². The first kappa shape index (κ1) is 12.7. The van der Waals surface area contributed by atoms with E-state index in [-0.39, 0.29) is 0 Å². The molecular formula is C17H15NO2. The maximum atomic E-state index is 9.13. The molecule has 1 atom stereocenters. The largest absolute Gasteiger partial charge is 0.456 e. The maximum Gasteiger partial charge on any atom is 0.145 e. The van der Waals surface area contributed by atoms with Gasteiger partial charge >= 0.3 is 0 Å². The van der Waals surface area contributed by atoms with Gasteiger partial charge in [0.15, 0.2) is 0 Å². The fourth-order valence-electron chi connectivity index (χ4n) is 2.12. The Hall–Kier alpha value is -2.31. The molecule has 20 heavy (non-hydrogen) atoms. The first-order chi connectivity index (χ1) is 9.76. The van der Waals surface area contributed by atoms with Crippen LogP contribution in [0.2, 0.25) is 0 Å². The molecule has 2 aromatic rings. The predicted molar refractivity (Wildman–Crippen MR) is 75.9 cm³/mol. The third kappa shape index (κ3) is 2.81. The zero-order valence-electron chi connectivity index (χ0n) is 11.3. The van der Waals surface area contributed by atoms with Crippen molar-refractivity contribution in [3.63, 3.8) is 0 Å². The lowest BCUT2D eigenvalue weighted by molar-refractivity contribution is 0.403. The SMILES string of the molecule is Cc1ccc(CC2CO2)c(Oc2ccccc2C#N)c1. The third-order valence-electron chi connectivity index (χ3n) is 3.30. The minimum atomic E-state index is 0.311. The summed E-state index contributed by atoms with van der Waals surface area (Å²) in [5, 5.41) is 9.13. The fourth-order valence-corrected chi connectivity index (χ4v) is 2.12. The van der Waals surface area contributed by atoms with Crippen LogP contribution in [0.1, 0.15) is 16.7 Å². The van der Waals surface area contributed by atoms with Crippen LogP contribution in [0.25, 0.3) is 0 Å². The lowest BCUT2D eigenvalue weighted by Gasteiger charge is -2.12. The zero-order valence-corrected chi connectivity index (χ0v) is 11.3. The molecule has 1 saturated heterocycles. The van der Waals surface area contributed by atoms with E-state index in [1.165, 1.54) is 0 Å². The second kappa shape index (κ2) is 5.36. The molecule has 0 radical (unpaired) electrons. The summed E-state index contributed by atoms with van der Waals surface area (Å²) >= 11 is 0. The van der Waals surface area contributed by atoms with Crippen molar-refractivity contribution in [1.29, 1.82) is 5.26 Å². The maximum absolute atomic E-state index is 9.13. The Balaban J connectivity index is 1.92. The van der Waals surface area contributed by atoms with E-state index in [0.29, 0.717) is 17.4 Å². The lowest BCUT2D eigenvalue weighted by Crippen LogP contribution is -1.98. The quantitative estimate of drug-likeness (QED) is 0.793. The number of ether oxygens (including phenoxy) is 2. The van der Waals surface area contributed by atoms with Gasteiger partial charge in [-0.2, -0.15) is 5.26 Å². The van der Waals surface area contributed by atoms with Crippen LogP contribution in [0.3, 0.4) is 0 Å². The van der Waals surface area contributed by atoms with Gasteiger partial charge in [0.1, 0.15) is 17.6 Å². The van der Waals surface area contributed by atoms with Crippen molar-refractivity contribution in [2.75, 3.05) is 6.61 Å². The number of nitrogens with zero attached hydrogens (tertiary/aromatic N) is 1. The van der Waals surface area contributed by atoms with E-state index >= 15 is 0 Å². The topological polar surface area (TPSA) is 45.5 Å². The highest BCUT2D eigenvalue weighted by molar-refractivity contribution is 5.47. The molecule has 0 aliphatic carbocycles. The summed E-state index contributed by atoms with van der Waals surface area (Å²) in [5.74, 6) is 1.40. The van der Waals surface area contributed by atoms with Gasteiger partial charge in [0.05, 0.1) is 18.3 Å². The van der Waals surface area contributed by atoms with E-state index in [2.05, 4.69) is 18.2 Å². The number of hydrogen-bond acceptors (Lipinski definition) is 3. The molecule has 0 amide bonds. The van der Waals surface area contributed by atoms with Gasteiger partial charge in [-0.3, -0.25) is 0 Å². The van der Waals surface area contributed by atoms with Gasteiger partial charge in [0, 0.05) is 6.42 Å². The Kier molecular flexibility index (Phi) is 3.41. The van der Waals surface area contributed by atoms with Crippen molar-refractivity contribution in [1.82, 2.24) is 0 Å². The van der Waals surface area contributed by atoms with E-state index in [0.717, 1.165) is 29.9 Å². The monoisotopic (exact) mass is 265 g/mol. The molecule has 1 aliphatic heterocycles. The van der Waals surface area contributed by atoms with Crippen LogP contribution >= 0.6 is 0 Å². The van der Waals surface area contributed by atoms with Crippen molar-refractivity contribution in [3.8, 4) is 17.6 Å². The first-order valence-corrected chi connectivity index (χ1v) is 6.64. The highest BCUT2D eigenvalue weighted by atomic mass is 16.6. The third-order valence-corrected chi connectivity index (χ3v) is 3.30. The number of hydrogen-bond donors (Lipinski definition) is 0. The van der Waals surface area contributed by atoms with Crippen LogP contribution in [-0.2, 0) is 11.2 Å². The number of para-hydroxylation sites is 1. The van der Waals surface area contributed by atoms with Crippen LogP contribution in [0.15, 0.2) is 42.5 Å². The van der Waals surface area contributed by atoms with Gasteiger partial charge in [-0.1, -0.05) is 24.3 Å². The predicted octanol–water partition coefficient (Wildman–Crippen LogP) is 3.60. The van der Waals surface area contributed by atoms with E-state index in [9.17, 15) is 0 Å². The van der Waals surface area contributed by atoms with Crippen LogP contribution < -0.4 is 4.74 Å². The summed E-state index contributed by atoms with van der Waals surface area (Å²) < 4.78 is 11.2. The molecule has 100 valence electrons. The molecule has 2 aromatic carbocycles. The van der Waals surface area contributed by atoms with Gasteiger partial charge in [-0.25, -0.2) is 0 Å². The number of rotatable bonds is 4. The molecule has 1 heterocycles. The van der Waals surface area contributed by atoms with E-state index in [1.54, 1.807) is 6.07 Å². The molecule has 1 unspecified atom stereocenters. The molecule has 0 saturated carbocycles. The summed E-state index contributed by atoms with van der Waals surface area (Å²) in [7, 11) is 0. The molecule has 0 spiro atoms. The Morgan fingerprint density at radius 1 is 1.25 bits per heavy atom. The Morgan fingerprint density at radius 2 is 2.05 bits per heavy atom. The van der Waals surface area contributed by atoms with Gasteiger partial charge in [0.25, 0.3) is 0 Å². The van der Waals surface area contributed by atoms with Crippen LogP contribution in [0, 0.1) is 18.3 Å². The molecule has 1 aliphatic rings. The number of nitriles is 1. The number of aryl methyl sites for hydroxylation is 1. The highest BCUT2D eigenvalue weighted by Gasteiger charge is 2.24. The molecule has 3 heteroatoms. The molecular weight excluding hydrogens is 250 g/mol. The van der Waals surface area contributed by atoms with Crippen LogP contribution in [0.5, 0.6) is 11.5 Å². The number of epoxide rings is 1. The molecule has 0 bridgehead atoms. The Labute approximate surface area is 118 Å². The summed E-state index contributed by atoms with van der Waals surface area (Å²) in [6.07, 6.45) is 1.16. The van der Waals surface area contributed by atoms with E-state index in [1.807, 2.05) is 31.2 Å². The Morgan fingerprint density at radius 3 is 2.80 bits per heavy atom. The van der Waals surface area contributed by atoms with Crippen LogP contribution in [-0.4, -0.2) is 12.7 Å². The molecule has 3 nitrogen and oxygen atoms in total. The van der Waals surface area contributed by atoms with Gasteiger partial charge in [-0.15, -0.1) is 0 Å². The van der Waals surface area contributed by atoms with Crippen molar-refractivity contribution in [3.05, 3.63) is 59.2 Å². The molecule has 0 N–H and O–H groups in total. The van der Waals surface area contributed by atoms with Crippen molar-refractivity contribution in [2.45, 2.75) is 19.4 Å². The summed E-state index contributed by atoms with van der Waals surface area (Å²) in [4.78, 5) is 0. The molecule has 3 rings (SSSR count). The minimum Gasteiger partial charge on any atom is -0.456 e. The fraction of sp³-hybridized carbons (Fsp3) is 0.235. The highest BCUT2D eigenvalue weighted by Crippen LogP contribution is 2.31. The van der Waals surface area contributed by atoms with E-state index in [4.69, 9.17) is 14.7 Å². The van der Waals surface area contributed by atoms with Gasteiger partial charge in [0.2, 0.25) is 0 Å². The first-order valence-electron chi connectivity index (χ1n) is 6.64. The summed E-state index contributed by atoms with van der Waals surface area (Å²) in [5.41, 5.74) is 2.79. The molecule has 0 aromatic heterocycles. The summed E-state index contributed by atoms with van der Waals surface area (Å²) in [6, 6.07) is 15.6. The average molecular weight is 265 g/mol.